The Labute approximate surface area is 166 Å². The van der Waals surface area contributed by atoms with Gasteiger partial charge in [0, 0.05) is 6.04 Å². The van der Waals surface area contributed by atoms with Crippen molar-refractivity contribution < 1.29 is 22.7 Å². The first-order valence-corrected chi connectivity index (χ1v) is 11.2. The number of carbonyl (C=O) groups is 2. The molecule has 0 spiro atoms. The number of esters is 1. The Balaban J connectivity index is 1.39. The average Bonchev–Trinajstić information content (AvgIpc) is 3.28. The Morgan fingerprint density at radius 2 is 1.89 bits per heavy atom. The van der Waals surface area contributed by atoms with E-state index in [4.69, 9.17) is 4.74 Å². The highest BCUT2D eigenvalue weighted by atomic mass is 32.2. The number of aryl methyl sites for hydroxylation is 1. The van der Waals surface area contributed by atoms with Gasteiger partial charge < -0.3 is 10.1 Å². The van der Waals surface area contributed by atoms with Gasteiger partial charge in [0.05, 0.1) is 4.90 Å². The van der Waals surface area contributed by atoms with Gasteiger partial charge in [-0.2, -0.15) is 4.72 Å². The lowest BCUT2D eigenvalue weighted by atomic mass is 9.84. The molecule has 1 aromatic rings. The van der Waals surface area contributed by atoms with Gasteiger partial charge in [0.1, 0.15) is 6.54 Å². The minimum atomic E-state index is -3.80. The molecule has 8 heteroatoms. The third-order valence-electron chi connectivity index (χ3n) is 5.93. The first kappa shape index (κ1) is 20.8. The van der Waals surface area contributed by atoms with E-state index in [9.17, 15) is 18.0 Å². The van der Waals surface area contributed by atoms with E-state index in [1.54, 1.807) is 12.1 Å². The first-order chi connectivity index (χ1) is 13.2. The van der Waals surface area contributed by atoms with E-state index in [1.807, 2.05) is 13.8 Å². The Morgan fingerprint density at radius 1 is 1.18 bits per heavy atom. The van der Waals surface area contributed by atoms with Crippen LogP contribution in [-0.4, -0.2) is 39.5 Å². The molecule has 0 aliphatic heterocycles. The van der Waals surface area contributed by atoms with Crippen molar-refractivity contribution in [2.45, 2.75) is 50.5 Å². The van der Waals surface area contributed by atoms with Crippen LogP contribution >= 0.6 is 0 Å². The van der Waals surface area contributed by atoms with Crippen LogP contribution in [0.25, 0.3) is 0 Å². The molecule has 154 valence electrons. The molecule has 0 aromatic heterocycles. The zero-order valence-corrected chi connectivity index (χ0v) is 17.1. The summed E-state index contributed by atoms with van der Waals surface area (Å²) in [6, 6.07) is 6.34. The van der Waals surface area contributed by atoms with Crippen molar-refractivity contribution in [2.24, 2.45) is 17.8 Å². The summed E-state index contributed by atoms with van der Waals surface area (Å²) in [5.41, 5.74) is 0.934. The van der Waals surface area contributed by atoms with Crippen LogP contribution in [0, 0.1) is 24.7 Å². The summed E-state index contributed by atoms with van der Waals surface area (Å²) < 4.78 is 31.4. The second-order valence-corrected chi connectivity index (χ2v) is 9.76. The predicted octanol–water partition coefficient (Wildman–Crippen LogP) is 1.76. The second-order valence-electron chi connectivity index (χ2n) is 7.99. The van der Waals surface area contributed by atoms with Gasteiger partial charge in [0.2, 0.25) is 10.0 Å². The van der Waals surface area contributed by atoms with Gasteiger partial charge in [-0.1, -0.05) is 24.1 Å². The molecule has 2 fully saturated rings. The zero-order chi connectivity index (χ0) is 20.3. The Morgan fingerprint density at radius 3 is 2.50 bits per heavy atom. The summed E-state index contributed by atoms with van der Waals surface area (Å²) >= 11 is 0. The van der Waals surface area contributed by atoms with Gasteiger partial charge in [0.15, 0.2) is 6.61 Å². The van der Waals surface area contributed by atoms with Crippen LogP contribution in [-0.2, 0) is 24.3 Å². The maximum atomic E-state index is 12.1. The molecule has 3 rings (SSSR count). The van der Waals surface area contributed by atoms with E-state index < -0.39 is 29.1 Å². The molecule has 2 bridgehead atoms. The third-order valence-corrected chi connectivity index (χ3v) is 7.34. The molecule has 1 amide bonds. The van der Waals surface area contributed by atoms with Crippen LogP contribution in [0.5, 0.6) is 0 Å². The third kappa shape index (κ3) is 5.11. The number of amides is 1. The lowest BCUT2D eigenvalue weighted by Gasteiger charge is -2.28. The van der Waals surface area contributed by atoms with Crippen LogP contribution in [0.15, 0.2) is 29.2 Å². The quantitative estimate of drug-likeness (QED) is 0.638. The van der Waals surface area contributed by atoms with Gasteiger partial charge in [-0.3, -0.25) is 9.59 Å². The fraction of sp³-hybridized carbons (Fsp3) is 0.600. The number of rotatable bonds is 8. The minimum Gasteiger partial charge on any atom is -0.455 e. The highest BCUT2D eigenvalue weighted by molar-refractivity contribution is 7.89. The Kier molecular flexibility index (Phi) is 6.40. The lowest BCUT2D eigenvalue weighted by Crippen LogP contribution is -2.42. The number of carbonyl (C=O) groups excluding carboxylic acids is 2. The van der Waals surface area contributed by atoms with Crippen molar-refractivity contribution in [3.8, 4) is 0 Å². The number of fused-ring (bicyclic) bond motifs is 2. The maximum Gasteiger partial charge on any atom is 0.321 e. The topological polar surface area (TPSA) is 102 Å². The normalized spacial score (nSPS) is 24.7. The fourth-order valence-electron chi connectivity index (χ4n) is 4.46. The summed E-state index contributed by atoms with van der Waals surface area (Å²) in [5, 5.41) is 2.91. The SMILES string of the molecule is Cc1ccc(S(=O)(=O)NCC(=O)OCC(=O)N[C@@H](C)[C@H]2C[C@H]3CC[C@H]2C3)cc1. The van der Waals surface area contributed by atoms with Crippen LogP contribution in [0.1, 0.15) is 38.2 Å². The molecule has 0 unspecified atom stereocenters. The average molecular weight is 409 g/mol. The summed E-state index contributed by atoms with van der Waals surface area (Å²) in [6.45, 7) is 2.92. The maximum absolute atomic E-state index is 12.1. The number of benzene rings is 1. The fourth-order valence-corrected chi connectivity index (χ4v) is 5.43. The molecule has 2 aliphatic rings. The van der Waals surface area contributed by atoms with E-state index >= 15 is 0 Å². The second kappa shape index (κ2) is 8.61. The standard InChI is InChI=1S/C20H28N2O5S/c1-13-3-7-17(8-4-13)28(25,26)21-11-20(24)27-12-19(23)22-14(2)18-10-15-5-6-16(18)9-15/h3-4,7-8,14-16,18,21H,5-6,9-12H2,1-2H3,(H,22,23)/t14-,15-,16-,18+/m0/s1. The van der Waals surface area contributed by atoms with Crippen LogP contribution in [0.2, 0.25) is 0 Å². The molecule has 1 aromatic carbocycles. The molecule has 2 aliphatic carbocycles. The molecule has 4 atom stereocenters. The van der Waals surface area contributed by atoms with Crippen molar-refractivity contribution in [1.29, 1.82) is 0 Å². The van der Waals surface area contributed by atoms with E-state index in [-0.39, 0.29) is 16.8 Å². The number of hydrogen-bond donors (Lipinski definition) is 2. The lowest BCUT2D eigenvalue weighted by molar-refractivity contribution is -0.147. The van der Waals surface area contributed by atoms with Crippen molar-refractivity contribution in [1.82, 2.24) is 10.0 Å². The Bertz CT molecular complexity index is 822. The van der Waals surface area contributed by atoms with Gasteiger partial charge in [0.25, 0.3) is 5.91 Å². The molecule has 2 N–H and O–H groups in total. The number of nitrogens with one attached hydrogen (secondary N) is 2. The number of sulfonamides is 1. The highest BCUT2D eigenvalue weighted by Crippen LogP contribution is 2.49. The molecule has 7 nitrogen and oxygen atoms in total. The smallest absolute Gasteiger partial charge is 0.321 e. The van der Waals surface area contributed by atoms with E-state index in [0.29, 0.717) is 11.8 Å². The summed E-state index contributed by atoms with van der Waals surface area (Å²) in [4.78, 5) is 23.9. The minimum absolute atomic E-state index is 0.0570. The highest BCUT2D eigenvalue weighted by Gasteiger charge is 2.42. The molecule has 0 heterocycles. The van der Waals surface area contributed by atoms with Crippen molar-refractivity contribution in [2.75, 3.05) is 13.2 Å². The number of ether oxygens (including phenoxy) is 1. The molecule has 0 radical (unpaired) electrons. The predicted molar refractivity (Wildman–Crippen MR) is 104 cm³/mol. The molecule has 0 saturated heterocycles. The summed E-state index contributed by atoms with van der Waals surface area (Å²) in [7, 11) is -3.80. The molecule has 28 heavy (non-hydrogen) atoms. The van der Waals surface area contributed by atoms with Crippen LogP contribution in [0.3, 0.4) is 0 Å². The van der Waals surface area contributed by atoms with Crippen molar-refractivity contribution >= 4 is 21.9 Å². The molecular weight excluding hydrogens is 380 g/mol. The van der Waals surface area contributed by atoms with Gasteiger partial charge in [-0.25, -0.2) is 8.42 Å². The number of hydrogen-bond acceptors (Lipinski definition) is 5. The van der Waals surface area contributed by atoms with Gasteiger partial charge >= 0.3 is 5.97 Å². The van der Waals surface area contributed by atoms with E-state index in [0.717, 1.165) is 17.9 Å². The summed E-state index contributed by atoms with van der Waals surface area (Å²) in [5.74, 6) is 0.843. The van der Waals surface area contributed by atoms with Gasteiger partial charge in [-0.05, 0) is 63.0 Å². The molecule has 2 saturated carbocycles. The van der Waals surface area contributed by atoms with E-state index in [1.165, 1.54) is 31.4 Å². The monoisotopic (exact) mass is 408 g/mol. The van der Waals surface area contributed by atoms with Crippen molar-refractivity contribution in [3.63, 3.8) is 0 Å². The van der Waals surface area contributed by atoms with Crippen molar-refractivity contribution in [3.05, 3.63) is 29.8 Å². The van der Waals surface area contributed by atoms with Crippen LogP contribution in [0.4, 0.5) is 0 Å². The summed E-state index contributed by atoms with van der Waals surface area (Å²) in [6.07, 6.45) is 4.97. The zero-order valence-electron chi connectivity index (χ0n) is 16.3. The largest absolute Gasteiger partial charge is 0.455 e. The first-order valence-electron chi connectivity index (χ1n) is 9.76. The van der Waals surface area contributed by atoms with Gasteiger partial charge in [-0.15, -0.1) is 0 Å². The van der Waals surface area contributed by atoms with E-state index in [2.05, 4.69) is 10.0 Å². The Hall–Kier alpha value is -1.93. The van der Waals surface area contributed by atoms with Crippen LogP contribution < -0.4 is 10.0 Å². The molecular formula is C20H28N2O5S.